The molecule has 0 saturated carbocycles. The molecule has 0 atom stereocenters. The summed E-state index contributed by atoms with van der Waals surface area (Å²) in [5, 5.41) is 7.79. The molecule has 114 heavy (non-hydrogen) atoms. The van der Waals surface area contributed by atoms with Gasteiger partial charge in [-0.15, -0.1) is 0 Å². The number of hydrogen-bond acceptors (Lipinski definition) is 6. The van der Waals surface area contributed by atoms with Crippen LogP contribution in [0.15, 0.2) is 406 Å². The molecule has 0 fully saturated rings. The Kier molecular flexibility index (Phi) is 29.7. The zero-order valence-corrected chi connectivity index (χ0v) is 64.9. The minimum Gasteiger partial charge on any atom is -0.345 e. The smallest absolute Gasteiger partial charge is 0.0488 e. The lowest BCUT2D eigenvalue weighted by Gasteiger charge is -2.21. The van der Waals surface area contributed by atoms with Gasteiger partial charge in [0.25, 0.3) is 0 Å². The Hall–Kier alpha value is -13.6. The number of aryl methyl sites for hydroxylation is 4. The topological polar surface area (TPSA) is 24.4 Å². The van der Waals surface area contributed by atoms with Crippen LogP contribution in [0.3, 0.4) is 0 Å². The molecule has 0 saturated heterocycles. The number of rotatable bonds is 8. The van der Waals surface area contributed by atoms with E-state index in [1.165, 1.54) is 139 Å². The molecule has 1 aromatic heterocycles. The van der Waals surface area contributed by atoms with E-state index in [2.05, 4.69) is 478 Å². The van der Waals surface area contributed by atoms with Crippen LogP contribution < -0.4 is 29.4 Å². The lowest BCUT2D eigenvalue weighted by molar-refractivity contribution is 0.977. The van der Waals surface area contributed by atoms with Crippen molar-refractivity contribution in [2.45, 2.75) is 42.0 Å². The molecule has 16 aromatic carbocycles. The van der Waals surface area contributed by atoms with Crippen molar-refractivity contribution >= 4 is 124 Å². The van der Waals surface area contributed by atoms with Gasteiger partial charge in [-0.3, -0.25) is 0 Å². The van der Waals surface area contributed by atoms with Crippen molar-refractivity contribution in [3.63, 3.8) is 0 Å². The SMILES string of the molecule is C.C.C.CN(c1ccccc1)c1ccc2ccccc2c1.CN(c1ccccc1)c1cccc2ccccc12.CN(c1ccccc1)c1ccccc1.CN1c2ccccc2C=Cc2ccccc21.CN1c2ccccc2CCc2ccccc21.Cc1cccc(N(C)c2ccccc2)c1.Cn1c2ccccc2c2ccccc21. The van der Waals surface area contributed by atoms with Crippen LogP contribution in [0.1, 0.15) is 50.1 Å². The number of hydrogen-bond donors (Lipinski definition) is 0. The van der Waals surface area contributed by atoms with E-state index in [-0.39, 0.29) is 22.3 Å². The summed E-state index contributed by atoms with van der Waals surface area (Å²) in [5.74, 6) is 0. The Labute approximate surface area is 679 Å². The van der Waals surface area contributed by atoms with Crippen molar-refractivity contribution in [3.05, 3.63) is 434 Å². The molecule has 3 heterocycles. The van der Waals surface area contributed by atoms with E-state index in [1.807, 2.05) is 30.3 Å². The number of anilines is 12. The molecule has 0 radical (unpaired) electrons. The molecule has 0 aliphatic carbocycles. The largest absolute Gasteiger partial charge is 0.345 e. The van der Waals surface area contributed by atoms with Crippen LogP contribution in [0.4, 0.5) is 68.2 Å². The van der Waals surface area contributed by atoms with Gasteiger partial charge in [0.2, 0.25) is 0 Å². The summed E-state index contributed by atoms with van der Waals surface area (Å²) in [6.45, 7) is 2.11. The Morgan fingerprint density at radius 1 is 0.237 bits per heavy atom. The van der Waals surface area contributed by atoms with Gasteiger partial charge < -0.3 is 34.0 Å². The van der Waals surface area contributed by atoms with E-state index < -0.39 is 0 Å². The maximum absolute atomic E-state index is 2.30. The highest BCUT2D eigenvalue weighted by atomic mass is 15.1. The van der Waals surface area contributed by atoms with Crippen LogP contribution in [0.5, 0.6) is 0 Å². The van der Waals surface area contributed by atoms with Gasteiger partial charge in [0, 0.05) is 145 Å². The minimum absolute atomic E-state index is 0. The first-order chi connectivity index (χ1) is 54.4. The number of fused-ring (bicyclic) bond motifs is 9. The van der Waals surface area contributed by atoms with E-state index in [1.54, 1.807) is 0 Å². The fourth-order valence-electron chi connectivity index (χ4n) is 14.4. The molecule has 7 heteroatoms. The molecule has 17 aromatic rings. The molecule has 7 nitrogen and oxygen atoms in total. The number of nitrogens with zero attached hydrogens (tertiary/aromatic N) is 7. The summed E-state index contributed by atoms with van der Waals surface area (Å²) >= 11 is 0. The van der Waals surface area contributed by atoms with Crippen LogP contribution >= 0.6 is 0 Å². The summed E-state index contributed by atoms with van der Waals surface area (Å²) in [6.07, 6.45) is 6.63. The maximum atomic E-state index is 2.30. The normalized spacial score (nSPS) is 11.0. The Morgan fingerprint density at radius 2 is 0.553 bits per heavy atom. The van der Waals surface area contributed by atoms with E-state index >= 15 is 0 Å². The van der Waals surface area contributed by atoms with Crippen LogP contribution in [0, 0.1) is 6.92 Å². The van der Waals surface area contributed by atoms with Crippen LogP contribution in [-0.4, -0.2) is 46.9 Å². The van der Waals surface area contributed by atoms with Gasteiger partial charge in [0.05, 0.1) is 0 Å². The standard InChI is InChI=1S/2C17H15N.C15H15N.C15H13N.C14H15N.C13H11N.C13H13N.3CH4/c1-18(15-10-3-2-4-11-15)17-13-7-9-14-8-5-6-12-16(14)17;1-18(16-9-3-2-4-10-16)17-12-11-14-7-5-6-8-15(14)13-17;2*1-16-14-8-4-2-6-12(14)10-11-13-7-3-5-9-15(13)16;1-12-7-6-10-14(11-12)15(2)13-8-4-3-5-9-13;1-14-12-8-4-2-6-10(12)11-7-3-5-9-13(11)14;1-14(12-8-4-2-5-9-12)13-10-6-3-7-11-13;;;/h2*2-13H,1H3;2-9H,10-11H2,1H3;2-11H,1H3;3-11H,1-2H3;2-9H,1H3;2-11H,1H3;3*1H4. The number of aromatic nitrogens is 1. The Morgan fingerprint density at radius 3 is 1.01 bits per heavy atom. The van der Waals surface area contributed by atoms with Gasteiger partial charge in [0.1, 0.15) is 0 Å². The van der Waals surface area contributed by atoms with E-state index in [4.69, 9.17) is 0 Å². The van der Waals surface area contributed by atoms with Crippen molar-refractivity contribution < 1.29 is 0 Å². The average Bonchev–Trinajstić information content (AvgIpc) is 1.63. The molecule has 0 amide bonds. The molecule has 0 spiro atoms. The molecule has 0 bridgehead atoms. The molecule has 572 valence electrons. The minimum atomic E-state index is 0. The summed E-state index contributed by atoms with van der Waals surface area (Å²) in [7, 11) is 14.8. The van der Waals surface area contributed by atoms with Crippen LogP contribution in [0.2, 0.25) is 0 Å². The van der Waals surface area contributed by atoms with E-state index in [9.17, 15) is 0 Å². The maximum Gasteiger partial charge on any atom is 0.0488 e. The van der Waals surface area contributed by atoms with Gasteiger partial charge in [-0.2, -0.15) is 0 Å². The highest BCUT2D eigenvalue weighted by Crippen LogP contribution is 2.38. The predicted octanol–water partition coefficient (Wildman–Crippen LogP) is 29.2. The van der Waals surface area contributed by atoms with E-state index in [0.29, 0.717) is 0 Å². The summed E-state index contributed by atoms with van der Waals surface area (Å²) < 4.78 is 2.24. The van der Waals surface area contributed by atoms with Gasteiger partial charge in [0.15, 0.2) is 0 Å². The van der Waals surface area contributed by atoms with Crippen LogP contribution in [0.25, 0.3) is 55.5 Å². The zero-order valence-electron chi connectivity index (χ0n) is 64.9. The first kappa shape index (κ1) is 82.9. The number of benzene rings is 16. The first-order valence-corrected chi connectivity index (χ1v) is 38.1. The molecular formula is C107H109N7. The predicted molar refractivity (Wildman–Crippen MR) is 502 cm³/mol. The molecular weight excluding hydrogens is 1380 g/mol. The van der Waals surface area contributed by atoms with Crippen molar-refractivity contribution in [1.29, 1.82) is 0 Å². The van der Waals surface area contributed by atoms with Gasteiger partial charge in [-0.1, -0.05) is 313 Å². The second-order valence-electron chi connectivity index (χ2n) is 27.7. The Bertz CT molecular complexity index is 5620. The quantitative estimate of drug-likeness (QED) is 0.150. The molecule has 0 N–H and O–H groups in total. The van der Waals surface area contributed by atoms with Gasteiger partial charge in [-0.05, 0) is 191 Å². The third kappa shape index (κ3) is 20.5. The Balaban J connectivity index is 0.000000140. The summed E-state index contributed by atoms with van der Waals surface area (Å²) in [6, 6.07) is 142. The van der Waals surface area contributed by atoms with Crippen LogP contribution in [-0.2, 0) is 19.9 Å². The lowest BCUT2D eigenvalue weighted by Crippen LogP contribution is -2.10. The number of para-hydroxylation sites is 11. The monoisotopic (exact) mass is 1490 g/mol. The molecule has 2 aliphatic heterocycles. The van der Waals surface area contributed by atoms with Crippen molar-refractivity contribution in [2.24, 2.45) is 7.05 Å². The van der Waals surface area contributed by atoms with Crippen molar-refractivity contribution in [2.75, 3.05) is 71.7 Å². The fraction of sp³-hybridized carbons (Fsp3) is 0.121. The third-order valence-corrected chi connectivity index (χ3v) is 20.6. The van der Waals surface area contributed by atoms with E-state index in [0.717, 1.165) is 12.8 Å². The second-order valence-corrected chi connectivity index (χ2v) is 27.7. The fourth-order valence-corrected chi connectivity index (χ4v) is 14.4. The van der Waals surface area contributed by atoms with Gasteiger partial charge in [-0.25, -0.2) is 0 Å². The molecule has 19 rings (SSSR count). The summed E-state index contributed by atoms with van der Waals surface area (Å²) in [5.41, 5.74) is 24.2. The molecule has 0 unspecified atom stereocenters. The first-order valence-electron chi connectivity index (χ1n) is 38.1. The molecule has 2 aliphatic rings. The van der Waals surface area contributed by atoms with Crippen molar-refractivity contribution in [3.8, 4) is 0 Å². The second kappa shape index (κ2) is 40.9. The van der Waals surface area contributed by atoms with Gasteiger partial charge >= 0.3 is 0 Å². The highest BCUT2D eigenvalue weighted by molar-refractivity contribution is 6.08. The zero-order chi connectivity index (χ0) is 76.7. The highest BCUT2D eigenvalue weighted by Gasteiger charge is 2.18. The average molecular weight is 1490 g/mol. The summed E-state index contributed by atoms with van der Waals surface area (Å²) in [4.78, 5) is 13.3. The van der Waals surface area contributed by atoms with Crippen molar-refractivity contribution in [1.82, 2.24) is 4.57 Å². The lowest BCUT2D eigenvalue weighted by atomic mass is 10.0. The third-order valence-electron chi connectivity index (χ3n) is 20.6.